The first-order chi connectivity index (χ1) is 11.6. The number of aliphatic carboxylic acids is 1. The number of benzene rings is 2. The van der Waals surface area contributed by atoms with Crippen LogP contribution in [0.3, 0.4) is 0 Å². The number of carboxylic acids is 1. The Morgan fingerprint density at radius 2 is 1.84 bits per heavy atom. The Kier molecular flexibility index (Phi) is 5.39. The van der Waals surface area contributed by atoms with Gasteiger partial charge in [0.15, 0.2) is 9.84 Å². The maximum absolute atomic E-state index is 13.1. The summed E-state index contributed by atoms with van der Waals surface area (Å²) in [5, 5.41) is 9.53. The highest BCUT2D eigenvalue weighted by Crippen LogP contribution is 2.34. The fourth-order valence-corrected chi connectivity index (χ4v) is 3.33. The largest absolute Gasteiger partial charge is 0.478 e. The molecule has 8 heteroatoms. The number of halogens is 2. The molecule has 0 spiro atoms. The zero-order chi connectivity index (χ0) is 18.8. The molecule has 1 atom stereocenters. The lowest BCUT2D eigenvalue weighted by molar-refractivity contribution is -0.154. The number of hydrogen-bond donors (Lipinski definition) is 1. The third-order valence-corrected chi connectivity index (χ3v) is 5.79. The van der Waals surface area contributed by atoms with E-state index in [9.17, 15) is 22.7 Å². The van der Waals surface area contributed by atoms with Crippen LogP contribution in [0.25, 0.3) is 0 Å². The van der Waals surface area contributed by atoms with E-state index in [1.807, 2.05) is 0 Å². The summed E-state index contributed by atoms with van der Waals surface area (Å²) < 4.78 is 42.4. The van der Waals surface area contributed by atoms with Crippen LogP contribution in [-0.4, -0.2) is 25.2 Å². The first-order valence-electron chi connectivity index (χ1n) is 7.31. The van der Waals surface area contributed by atoms with Gasteiger partial charge in [0.2, 0.25) is 5.60 Å². The van der Waals surface area contributed by atoms with Crippen LogP contribution in [0.4, 0.5) is 4.39 Å². The van der Waals surface area contributed by atoms with Gasteiger partial charge in [-0.25, -0.2) is 17.6 Å². The third kappa shape index (κ3) is 3.93. The van der Waals surface area contributed by atoms with Crippen molar-refractivity contribution in [1.82, 2.24) is 0 Å². The number of carboxylic acid groups (broad SMARTS) is 1. The molecule has 0 aromatic heterocycles. The molecule has 134 valence electrons. The highest BCUT2D eigenvalue weighted by molar-refractivity contribution is 7.91. The van der Waals surface area contributed by atoms with Gasteiger partial charge in [0.25, 0.3) is 0 Å². The van der Waals surface area contributed by atoms with Crippen molar-refractivity contribution < 1.29 is 27.4 Å². The molecule has 0 saturated carbocycles. The minimum absolute atomic E-state index is 0.00550. The van der Waals surface area contributed by atoms with Gasteiger partial charge in [0.1, 0.15) is 11.6 Å². The third-order valence-electron chi connectivity index (χ3n) is 3.76. The van der Waals surface area contributed by atoms with Gasteiger partial charge in [-0.15, -0.1) is 0 Å². The standard InChI is InChI=1S/C17H16ClFO5S/c1-3-25(22,23)13-8-9-15(14(18)10-13)24-17(2,16(20)21)11-4-6-12(19)7-5-11/h4-10H,3H2,1-2H3,(H,20,21). The summed E-state index contributed by atoms with van der Waals surface area (Å²) in [6.07, 6.45) is 0. The van der Waals surface area contributed by atoms with E-state index in [1.54, 1.807) is 0 Å². The Labute approximate surface area is 149 Å². The normalized spacial score (nSPS) is 13.9. The zero-order valence-electron chi connectivity index (χ0n) is 13.5. The molecule has 2 aromatic carbocycles. The molecule has 25 heavy (non-hydrogen) atoms. The Morgan fingerprint density at radius 1 is 1.24 bits per heavy atom. The maximum Gasteiger partial charge on any atom is 0.352 e. The minimum Gasteiger partial charge on any atom is -0.478 e. The molecule has 2 aromatic rings. The van der Waals surface area contributed by atoms with Crippen LogP contribution in [0.1, 0.15) is 19.4 Å². The minimum atomic E-state index is -3.45. The van der Waals surface area contributed by atoms with Gasteiger partial charge < -0.3 is 9.84 Å². The summed E-state index contributed by atoms with van der Waals surface area (Å²) in [4.78, 5) is 11.8. The lowest BCUT2D eigenvalue weighted by atomic mass is 9.95. The molecule has 2 rings (SSSR count). The SMILES string of the molecule is CCS(=O)(=O)c1ccc(OC(C)(C(=O)O)c2ccc(F)cc2)c(Cl)c1. The van der Waals surface area contributed by atoms with Gasteiger partial charge in [-0.1, -0.05) is 30.7 Å². The number of rotatable bonds is 6. The maximum atomic E-state index is 13.1. The van der Waals surface area contributed by atoms with Gasteiger partial charge in [0.05, 0.1) is 15.7 Å². The summed E-state index contributed by atoms with van der Waals surface area (Å²) >= 11 is 6.07. The molecule has 5 nitrogen and oxygen atoms in total. The van der Waals surface area contributed by atoms with Crippen molar-refractivity contribution in [1.29, 1.82) is 0 Å². The molecular weight excluding hydrogens is 371 g/mol. The molecule has 0 aliphatic rings. The summed E-state index contributed by atoms with van der Waals surface area (Å²) in [6.45, 7) is 2.80. The summed E-state index contributed by atoms with van der Waals surface area (Å²) in [6, 6.07) is 8.66. The second-order valence-corrected chi connectivity index (χ2v) is 8.13. The van der Waals surface area contributed by atoms with Gasteiger partial charge in [0, 0.05) is 5.56 Å². The van der Waals surface area contributed by atoms with E-state index in [2.05, 4.69) is 0 Å². The van der Waals surface area contributed by atoms with E-state index >= 15 is 0 Å². The Bertz CT molecular complexity index is 896. The van der Waals surface area contributed by atoms with Crippen LogP contribution in [-0.2, 0) is 20.2 Å². The van der Waals surface area contributed by atoms with Crippen molar-refractivity contribution in [3.8, 4) is 5.75 Å². The second-order valence-electron chi connectivity index (χ2n) is 5.44. The van der Waals surface area contributed by atoms with E-state index < -0.39 is 27.2 Å². The van der Waals surface area contributed by atoms with Crippen molar-refractivity contribution in [2.45, 2.75) is 24.3 Å². The van der Waals surface area contributed by atoms with Crippen LogP contribution in [0, 0.1) is 5.82 Å². The predicted octanol–water partition coefficient (Wildman–Crippen LogP) is 3.65. The Morgan fingerprint density at radius 3 is 2.32 bits per heavy atom. The highest BCUT2D eigenvalue weighted by atomic mass is 35.5. The van der Waals surface area contributed by atoms with Crippen LogP contribution in [0.5, 0.6) is 5.75 Å². The Balaban J connectivity index is 2.44. The number of sulfone groups is 1. The molecule has 0 fully saturated rings. The van der Waals surface area contributed by atoms with Crippen LogP contribution in [0.2, 0.25) is 5.02 Å². The van der Waals surface area contributed by atoms with E-state index in [-0.39, 0.29) is 27.0 Å². The van der Waals surface area contributed by atoms with Gasteiger partial charge in [-0.3, -0.25) is 0 Å². The zero-order valence-corrected chi connectivity index (χ0v) is 15.1. The molecule has 0 aliphatic carbocycles. The first-order valence-corrected chi connectivity index (χ1v) is 9.34. The predicted molar refractivity (Wildman–Crippen MR) is 91.2 cm³/mol. The quantitative estimate of drug-likeness (QED) is 0.819. The van der Waals surface area contributed by atoms with E-state index in [1.165, 1.54) is 44.2 Å². The van der Waals surface area contributed by atoms with Crippen molar-refractivity contribution in [3.05, 3.63) is 58.9 Å². The first kappa shape index (κ1) is 19.2. The van der Waals surface area contributed by atoms with Gasteiger partial charge in [-0.05, 0) is 37.3 Å². The summed E-state index contributed by atoms with van der Waals surface area (Å²) in [7, 11) is -3.45. The van der Waals surface area contributed by atoms with Crippen molar-refractivity contribution in [2.75, 3.05) is 5.75 Å². The average Bonchev–Trinajstić information content (AvgIpc) is 2.56. The molecular formula is C17H16ClFO5S. The molecule has 0 aliphatic heterocycles. The molecule has 0 heterocycles. The molecule has 0 bridgehead atoms. The molecule has 0 amide bonds. The topological polar surface area (TPSA) is 80.7 Å². The van der Waals surface area contributed by atoms with Gasteiger partial charge >= 0.3 is 5.97 Å². The smallest absolute Gasteiger partial charge is 0.352 e. The van der Waals surface area contributed by atoms with Crippen LogP contribution in [0.15, 0.2) is 47.4 Å². The monoisotopic (exact) mass is 386 g/mol. The molecule has 1 N–H and O–H groups in total. The van der Waals surface area contributed by atoms with Crippen molar-refractivity contribution in [3.63, 3.8) is 0 Å². The fraction of sp³-hybridized carbons (Fsp3) is 0.235. The van der Waals surface area contributed by atoms with Crippen LogP contribution < -0.4 is 4.74 Å². The van der Waals surface area contributed by atoms with Gasteiger partial charge in [-0.2, -0.15) is 0 Å². The van der Waals surface area contributed by atoms with E-state index in [0.717, 1.165) is 12.1 Å². The highest BCUT2D eigenvalue weighted by Gasteiger charge is 2.38. The summed E-state index contributed by atoms with van der Waals surface area (Å²) in [5.41, 5.74) is -1.62. The lowest BCUT2D eigenvalue weighted by Crippen LogP contribution is -2.38. The van der Waals surface area contributed by atoms with Crippen molar-refractivity contribution >= 4 is 27.4 Å². The Hall–Kier alpha value is -2.12. The molecule has 0 saturated heterocycles. The average molecular weight is 387 g/mol. The lowest BCUT2D eigenvalue weighted by Gasteiger charge is -2.27. The van der Waals surface area contributed by atoms with E-state index in [4.69, 9.17) is 16.3 Å². The molecule has 0 radical (unpaired) electrons. The number of carbonyl (C=O) groups is 1. The number of hydrogen-bond acceptors (Lipinski definition) is 4. The van der Waals surface area contributed by atoms with Crippen LogP contribution >= 0.6 is 11.6 Å². The second kappa shape index (κ2) is 7.01. The molecule has 1 unspecified atom stereocenters. The fourth-order valence-electron chi connectivity index (χ4n) is 2.14. The summed E-state index contributed by atoms with van der Waals surface area (Å²) in [5.74, 6) is -1.90. The van der Waals surface area contributed by atoms with E-state index in [0.29, 0.717) is 0 Å². The van der Waals surface area contributed by atoms with Crippen molar-refractivity contribution in [2.24, 2.45) is 0 Å². The number of ether oxygens (including phenoxy) is 1.